The predicted octanol–water partition coefficient (Wildman–Crippen LogP) is 5.64. The van der Waals surface area contributed by atoms with E-state index in [0.717, 1.165) is 9.87 Å². The van der Waals surface area contributed by atoms with Gasteiger partial charge in [-0.15, -0.1) is 0 Å². The van der Waals surface area contributed by atoms with Crippen LogP contribution in [0.5, 0.6) is 5.75 Å². The Kier molecular flexibility index (Phi) is 10.2. The minimum Gasteiger partial charge on any atom is -0.492 e. The van der Waals surface area contributed by atoms with Gasteiger partial charge in [-0.1, -0.05) is 59.6 Å². The number of rotatable bonds is 12. The summed E-state index contributed by atoms with van der Waals surface area (Å²) in [6.07, 6.45) is 0. The Morgan fingerprint density at radius 2 is 1.63 bits per heavy atom. The molecule has 0 radical (unpaired) electrons. The van der Waals surface area contributed by atoms with Crippen LogP contribution < -0.4 is 14.4 Å². The van der Waals surface area contributed by atoms with E-state index < -0.39 is 15.9 Å². The zero-order valence-corrected chi connectivity index (χ0v) is 22.3. The predicted molar refractivity (Wildman–Crippen MR) is 144 cm³/mol. The molecule has 3 rings (SSSR count). The topological polar surface area (TPSA) is 75.7 Å². The average molecular weight is 554 g/mol. The van der Waals surface area contributed by atoms with Crippen LogP contribution in [0.1, 0.15) is 12.5 Å². The van der Waals surface area contributed by atoms with Crippen LogP contribution in [0.2, 0.25) is 10.0 Å². The third-order valence-corrected chi connectivity index (χ3v) is 8.40. The van der Waals surface area contributed by atoms with Gasteiger partial charge in [0.05, 0.1) is 17.2 Å². The van der Waals surface area contributed by atoms with Crippen LogP contribution >= 0.6 is 35.0 Å². The number of halogens is 2. The van der Waals surface area contributed by atoms with Crippen LogP contribution in [-0.4, -0.2) is 39.8 Å². The molecule has 0 heterocycles. The molecule has 3 aromatic carbocycles. The molecule has 0 saturated heterocycles. The van der Waals surface area contributed by atoms with E-state index in [1.54, 1.807) is 72.4 Å². The van der Waals surface area contributed by atoms with Crippen LogP contribution in [0.15, 0.2) is 77.7 Å². The molecule has 0 fully saturated rings. The van der Waals surface area contributed by atoms with E-state index in [2.05, 4.69) is 5.32 Å². The standard InChI is InChI=1S/C25H26Cl2N2O4S2/c1-2-33-24-14-7-6-13-23(24)29(35(31,32)19-9-4-3-5-10-19)17-25(30)28-15-16-34-18-20-21(26)11-8-12-22(20)27/h3-14H,2,15-18H2,1H3,(H,28,30). The Hall–Kier alpha value is -2.39. The number of hydrogen-bond donors (Lipinski definition) is 1. The Bertz CT molecular complexity index is 1220. The Morgan fingerprint density at radius 1 is 0.971 bits per heavy atom. The van der Waals surface area contributed by atoms with Crippen molar-refractivity contribution in [2.75, 3.05) is 29.8 Å². The summed E-state index contributed by atoms with van der Waals surface area (Å²) in [5.74, 6) is 1.17. The summed E-state index contributed by atoms with van der Waals surface area (Å²) in [6.45, 7) is 2.14. The number of sulfonamides is 1. The Morgan fingerprint density at radius 3 is 2.31 bits per heavy atom. The van der Waals surface area contributed by atoms with Crippen molar-refractivity contribution in [2.45, 2.75) is 17.6 Å². The van der Waals surface area contributed by atoms with Crippen molar-refractivity contribution in [3.05, 3.63) is 88.4 Å². The van der Waals surface area contributed by atoms with Crippen molar-refractivity contribution in [1.82, 2.24) is 5.32 Å². The van der Waals surface area contributed by atoms with Gasteiger partial charge in [0.1, 0.15) is 12.3 Å². The number of para-hydroxylation sites is 2. The number of carbonyl (C=O) groups is 1. The first-order valence-corrected chi connectivity index (χ1v) is 14.3. The summed E-state index contributed by atoms with van der Waals surface area (Å²) in [6, 6.07) is 20.1. The number of amides is 1. The van der Waals surface area contributed by atoms with Crippen molar-refractivity contribution in [1.29, 1.82) is 0 Å². The summed E-state index contributed by atoms with van der Waals surface area (Å²) >= 11 is 14.0. The van der Waals surface area contributed by atoms with Gasteiger partial charge in [0.25, 0.3) is 10.0 Å². The van der Waals surface area contributed by atoms with Gasteiger partial charge >= 0.3 is 0 Å². The first-order chi connectivity index (χ1) is 16.8. The molecule has 1 amide bonds. The molecule has 35 heavy (non-hydrogen) atoms. The smallest absolute Gasteiger partial charge is 0.264 e. The molecule has 0 bridgehead atoms. The maximum Gasteiger partial charge on any atom is 0.264 e. The van der Waals surface area contributed by atoms with Crippen molar-refractivity contribution in [3.8, 4) is 5.75 Å². The van der Waals surface area contributed by atoms with E-state index in [4.69, 9.17) is 27.9 Å². The number of nitrogens with one attached hydrogen (secondary N) is 1. The second-order valence-corrected chi connectivity index (χ2v) is 11.1. The first-order valence-electron chi connectivity index (χ1n) is 10.9. The van der Waals surface area contributed by atoms with Crippen LogP contribution in [0.4, 0.5) is 5.69 Å². The molecule has 0 aromatic heterocycles. The fourth-order valence-corrected chi connectivity index (χ4v) is 6.30. The molecule has 0 aliphatic carbocycles. The highest BCUT2D eigenvalue weighted by Gasteiger charge is 2.29. The van der Waals surface area contributed by atoms with E-state index in [0.29, 0.717) is 46.1 Å². The molecule has 1 N–H and O–H groups in total. The normalized spacial score (nSPS) is 11.2. The van der Waals surface area contributed by atoms with E-state index in [1.165, 1.54) is 12.1 Å². The molecule has 0 unspecified atom stereocenters. The van der Waals surface area contributed by atoms with Gasteiger partial charge < -0.3 is 10.1 Å². The fourth-order valence-electron chi connectivity index (χ4n) is 3.25. The molecule has 186 valence electrons. The van der Waals surface area contributed by atoms with E-state index in [9.17, 15) is 13.2 Å². The Balaban J connectivity index is 1.69. The van der Waals surface area contributed by atoms with Crippen LogP contribution in [-0.2, 0) is 20.6 Å². The lowest BCUT2D eigenvalue weighted by molar-refractivity contribution is -0.119. The molecule has 10 heteroatoms. The van der Waals surface area contributed by atoms with Crippen LogP contribution in [0, 0.1) is 0 Å². The number of benzene rings is 3. The lowest BCUT2D eigenvalue weighted by atomic mass is 10.2. The highest BCUT2D eigenvalue weighted by Crippen LogP contribution is 2.32. The van der Waals surface area contributed by atoms with Crippen LogP contribution in [0.3, 0.4) is 0 Å². The van der Waals surface area contributed by atoms with Gasteiger partial charge in [-0.25, -0.2) is 8.42 Å². The largest absolute Gasteiger partial charge is 0.492 e. The first kappa shape index (κ1) is 27.2. The van der Waals surface area contributed by atoms with Gasteiger partial charge in [-0.2, -0.15) is 11.8 Å². The zero-order chi connectivity index (χ0) is 25.3. The molecule has 0 atom stereocenters. The summed E-state index contributed by atoms with van der Waals surface area (Å²) in [4.78, 5) is 12.9. The third-order valence-electron chi connectivity index (χ3n) is 4.93. The molecule has 0 saturated carbocycles. The molecular formula is C25H26Cl2N2O4S2. The van der Waals surface area contributed by atoms with Gasteiger partial charge in [-0.3, -0.25) is 9.10 Å². The van der Waals surface area contributed by atoms with Gasteiger partial charge in [-0.05, 0) is 48.9 Å². The number of thioether (sulfide) groups is 1. The van der Waals surface area contributed by atoms with E-state index in [-0.39, 0.29) is 11.4 Å². The highest BCUT2D eigenvalue weighted by atomic mass is 35.5. The van der Waals surface area contributed by atoms with Crippen LogP contribution in [0.25, 0.3) is 0 Å². The second kappa shape index (κ2) is 13.1. The highest BCUT2D eigenvalue weighted by molar-refractivity contribution is 7.98. The lowest BCUT2D eigenvalue weighted by Gasteiger charge is -2.26. The molecular weight excluding hydrogens is 527 g/mol. The summed E-state index contributed by atoms with van der Waals surface area (Å²) in [5, 5.41) is 4.00. The lowest BCUT2D eigenvalue weighted by Crippen LogP contribution is -2.41. The van der Waals surface area contributed by atoms with Crippen molar-refractivity contribution in [3.63, 3.8) is 0 Å². The molecule has 3 aromatic rings. The maximum atomic E-state index is 13.5. The molecule has 0 aliphatic heterocycles. The molecule has 0 spiro atoms. The monoisotopic (exact) mass is 552 g/mol. The molecule has 0 aliphatic rings. The number of ether oxygens (including phenoxy) is 1. The quantitative estimate of drug-likeness (QED) is 0.294. The minimum absolute atomic E-state index is 0.0891. The number of nitrogens with zero attached hydrogens (tertiary/aromatic N) is 1. The van der Waals surface area contributed by atoms with Crippen molar-refractivity contribution < 1.29 is 17.9 Å². The number of hydrogen-bond acceptors (Lipinski definition) is 5. The summed E-state index contributed by atoms with van der Waals surface area (Å²) in [5.41, 5.74) is 1.15. The molecule has 6 nitrogen and oxygen atoms in total. The fraction of sp³-hybridized carbons (Fsp3) is 0.240. The minimum atomic E-state index is -4.01. The van der Waals surface area contributed by atoms with E-state index >= 15 is 0 Å². The second-order valence-electron chi connectivity index (χ2n) is 7.33. The maximum absolute atomic E-state index is 13.5. The average Bonchev–Trinajstić information content (AvgIpc) is 2.85. The Labute approximate surface area is 220 Å². The number of anilines is 1. The van der Waals surface area contributed by atoms with Gasteiger partial charge in [0, 0.05) is 28.1 Å². The van der Waals surface area contributed by atoms with Crippen molar-refractivity contribution in [2.24, 2.45) is 0 Å². The summed E-state index contributed by atoms with van der Waals surface area (Å²) in [7, 11) is -4.01. The zero-order valence-electron chi connectivity index (χ0n) is 19.1. The van der Waals surface area contributed by atoms with E-state index in [1.807, 2.05) is 6.92 Å². The third kappa shape index (κ3) is 7.30. The number of carbonyl (C=O) groups excluding carboxylic acids is 1. The SMILES string of the molecule is CCOc1ccccc1N(CC(=O)NCCSCc1c(Cl)cccc1Cl)S(=O)(=O)c1ccccc1. The van der Waals surface area contributed by atoms with Crippen molar-refractivity contribution >= 4 is 56.6 Å². The summed E-state index contributed by atoms with van der Waals surface area (Å²) < 4.78 is 33.7. The van der Waals surface area contributed by atoms with Gasteiger partial charge in [0.15, 0.2) is 0 Å². The van der Waals surface area contributed by atoms with Gasteiger partial charge in [0.2, 0.25) is 5.91 Å².